The second-order valence-electron chi connectivity index (χ2n) is 10.3. The van der Waals surface area contributed by atoms with Crippen LogP contribution in [0.1, 0.15) is 58.3 Å². The van der Waals surface area contributed by atoms with E-state index in [4.69, 9.17) is 16.6 Å². The fraction of sp³-hybridized carbons (Fsp3) is 0.321. The lowest BCUT2D eigenvalue weighted by Gasteiger charge is -2.12. The SMILES string of the molecule is CN(C)C(=O)c1cc(C2CC2)cn2cc(CNc3cc(NC(=O)[C@H]4C[C@@H]4c4cccc(Cl)c4)ncn3)nc12. The molecule has 38 heavy (non-hydrogen) atoms. The van der Waals surface area contributed by atoms with Crippen molar-refractivity contribution in [3.8, 4) is 0 Å². The fourth-order valence-electron chi connectivity index (χ4n) is 4.81. The van der Waals surface area contributed by atoms with Crippen LogP contribution in [0.5, 0.6) is 0 Å². The quantitative estimate of drug-likeness (QED) is 0.342. The highest BCUT2D eigenvalue weighted by molar-refractivity contribution is 6.30. The number of carbonyl (C=O) groups is 2. The van der Waals surface area contributed by atoms with E-state index in [1.54, 1.807) is 25.1 Å². The van der Waals surface area contributed by atoms with Gasteiger partial charge in [-0.15, -0.1) is 0 Å². The predicted molar refractivity (Wildman–Crippen MR) is 145 cm³/mol. The number of anilines is 2. The number of amides is 2. The maximum Gasteiger partial charge on any atom is 0.257 e. The molecule has 9 nitrogen and oxygen atoms in total. The minimum Gasteiger partial charge on any atom is -0.364 e. The maximum absolute atomic E-state index is 12.8. The summed E-state index contributed by atoms with van der Waals surface area (Å²) in [6.07, 6.45) is 8.52. The van der Waals surface area contributed by atoms with Crippen LogP contribution in [0, 0.1) is 5.92 Å². The van der Waals surface area contributed by atoms with E-state index >= 15 is 0 Å². The van der Waals surface area contributed by atoms with E-state index in [9.17, 15) is 9.59 Å². The molecule has 0 saturated heterocycles. The van der Waals surface area contributed by atoms with Crippen molar-refractivity contribution in [2.75, 3.05) is 24.7 Å². The molecule has 2 saturated carbocycles. The van der Waals surface area contributed by atoms with Gasteiger partial charge in [0.05, 0.1) is 17.8 Å². The molecule has 0 spiro atoms. The normalized spacial score (nSPS) is 18.3. The first kappa shape index (κ1) is 24.4. The molecule has 10 heteroatoms. The number of nitrogens with zero attached hydrogens (tertiary/aromatic N) is 5. The number of aromatic nitrogens is 4. The van der Waals surface area contributed by atoms with Crippen molar-refractivity contribution in [2.24, 2.45) is 5.92 Å². The lowest BCUT2D eigenvalue weighted by Crippen LogP contribution is -2.22. The lowest BCUT2D eigenvalue weighted by molar-refractivity contribution is -0.117. The van der Waals surface area contributed by atoms with Crippen LogP contribution in [0.25, 0.3) is 5.65 Å². The molecule has 4 aromatic rings. The fourth-order valence-corrected chi connectivity index (χ4v) is 5.01. The third kappa shape index (κ3) is 5.06. The molecule has 0 bridgehead atoms. The summed E-state index contributed by atoms with van der Waals surface area (Å²) in [4.78, 5) is 40.4. The van der Waals surface area contributed by atoms with Gasteiger partial charge in [0.1, 0.15) is 23.6 Å². The molecule has 2 amide bonds. The van der Waals surface area contributed by atoms with Crippen LogP contribution in [-0.4, -0.2) is 50.2 Å². The van der Waals surface area contributed by atoms with E-state index in [1.165, 1.54) is 11.9 Å². The molecular weight excluding hydrogens is 502 g/mol. The third-order valence-corrected chi connectivity index (χ3v) is 7.32. The van der Waals surface area contributed by atoms with E-state index < -0.39 is 0 Å². The molecular formula is C28H28ClN7O2. The largest absolute Gasteiger partial charge is 0.364 e. The second kappa shape index (κ2) is 9.72. The highest BCUT2D eigenvalue weighted by atomic mass is 35.5. The Bertz CT molecular complexity index is 1550. The smallest absolute Gasteiger partial charge is 0.257 e. The summed E-state index contributed by atoms with van der Waals surface area (Å²) in [6.45, 7) is 0.403. The zero-order valence-electron chi connectivity index (χ0n) is 21.2. The van der Waals surface area contributed by atoms with Crippen LogP contribution in [0.4, 0.5) is 11.6 Å². The molecule has 6 rings (SSSR count). The molecule has 0 radical (unpaired) electrons. The minimum absolute atomic E-state index is 0.0629. The summed E-state index contributed by atoms with van der Waals surface area (Å²) in [7, 11) is 3.50. The Morgan fingerprint density at radius 3 is 2.66 bits per heavy atom. The van der Waals surface area contributed by atoms with E-state index in [2.05, 4.69) is 26.8 Å². The molecule has 2 fully saturated rings. The number of carbonyl (C=O) groups excluding carboxylic acids is 2. The number of hydrogen-bond acceptors (Lipinski definition) is 6. The van der Waals surface area contributed by atoms with E-state index in [1.807, 2.05) is 40.9 Å². The first-order chi connectivity index (χ1) is 18.4. The number of fused-ring (bicyclic) bond motifs is 1. The van der Waals surface area contributed by atoms with Crippen LogP contribution in [0.15, 0.2) is 55.1 Å². The summed E-state index contributed by atoms with van der Waals surface area (Å²) >= 11 is 6.10. The van der Waals surface area contributed by atoms with Crippen LogP contribution in [0.2, 0.25) is 5.02 Å². The average Bonchev–Trinajstić information content (AvgIpc) is 3.83. The van der Waals surface area contributed by atoms with Gasteiger partial charge in [0, 0.05) is 43.5 Å². The van der Waals surface area contributed by atoms with Crippen molar-refractivity contribution in [1.82, 2.24) is 24.3 Å². The molecule has 0 aliphatic heterocycles. The van der Waals surface area contributed by atoms with E-state index in [0.29, 0.717) is 40.3 Å². The van der Waals surface area contributed by atoms with Gasteiger partial charge in [-0.2, -0.15) is 0 Å². The Balaban J connectivity index is 1.13. The molecule has 3 heterocycles. The van der Waals surface area contributed by atoms with Gasteiger partial charge in [-0.1, -0.05) is 23.7 Å². The summed E-state index contributed by atoms with van der Waals surface area (Å²) in [5, 5.41) is 6.84. The van der Waals surface area contributed by atoms with Crippen molar-refractivity contribution >= 4 is 40.7 Å². The Morgan fingerprint density at radius 2 is 1.89 bits per heavy atom. The van der Waals surface area contributed by atoms with Crippen LogP contribution >= 0.6 is 11.6 Å². The molecule has 0 unspecified atom stereocenters. The maximum atomic E-state index is 12.8. The van der Waals surface area contributed by atoms with Crippen LogP contribution in [-0.2, 0) is 11.3 Å². The highest BCUT2D eigenvalue weighted by Gasteiger charge is 2.44. The number of benzene rings is 1. The van der Waals surface area contributed by atoms with Crippen LogP contribution in [0.3, 0.4) is 0 Å². The van der Waals surface area contributed by atoms with Crippen molar-refractivity contribution in [2.45, 2.75) is 37.6 Å². The van der Waals surface area contributed by atoms with Crippen molar-refractivity contribution in [3.63, 3.8) is 0 Å². The monoisotopic (exact) mass is 529 g/mol. The first-order valence-corrected chi connectivity index (χ1v) is 13.1. The zero-order chi connectivity index (χ0) is 26.4. The molecule has 1 aromatic carbocycles. The molecule has 194 valence electrons. The predicted octanol–water partition coefficient (Wildman–Crippen LogP) is 4.71. The van der Waals surface area contributed by atoms with E-state index in [0.717, 1.165) is 30.5 Å². The number of nitrogens with one attached hydrogen (secondary N) is 2. The van der Waals surface area contributed by atoms with Crippen LogP contribution < -0.4 is 10.6 Å². The summed E-state index contributed by atoms with van der Waals surface area (Å²) in [5.74, 6) is 1.47. The van der Waals surface area contributed by atoms with Crippen molar-refractivity contribution < 1.29 is 9.59 Å². The average molecular weight is 530 g/mol. The Hall–Kier alpha value is -3.98. The Morgan fingerprint density at radius 1 is 1.08 bits per heavy atom. The van der Waals surface area contributed by atoms with Gasteiger partial charge < -0.3 is 19.9 Å². The summed E-state index contributed by atoms with van der Waals surface area (Å²) < 4.78 is 1.94. The standard InChI is InChI=1S/C28H28ClN7O2/c1-35(2)28(38)23-9-18(16-6-7-16)13-36-14-20(33-26(23)36)12-30-24-11-25(32-15-31-24)34-27(37)22-10-21(22)17-4-3-5-19(29)8-17/h3-5,8-9,11,13-16,21-22H,6-7,10,12H2,1-2H3,(H2,30,31,32,34,37)/t21-,22+/m1/s1. The van der Waals surface area contributed by atoms with Gasteiger partial charge in [0.2, 0.25) is 5.91 Å². The van der Waals surface area contributed by atoms with Gasteiger partial charge >= 0.3 is 0 Å². The summed E-state index contributed by atoms with van der Waals surface area (Å²) in [5.41, 5.74) is 4.27. The third-order valence-electron chi connectivity index (χ3n) is 7.08. The molecule has 2 aliphatic rings. The second-order valence-corrected chi connectivity index (χ2v) is 10.7. The molecule has 2 atom stereocenters. The Kier molecular flexibility index (Phi) is 6.23. The number of rotatable bonds is 8. The molecule has 2 N–H and O–H groups in total. The number of halogens is 1. The van der Waals surface area contributed by atoms with Gasteiger partial charge in [0.25, 0.3) is 5.91 Å². The Labute approximate surface area is 225 Å². The number of hydrogen-bond donors (Lipinski definition) is 2. The van der Waals surface area contributed by atoms with Gasteiger partial charge in [-0.3, -0.25) is 9.59 Å². The van der Waals surface area contributed by atoms with Gasteiger partial charge in [0.15, 0.2) is 0 Å². The minimum atomic E-state index is -0.0996. The lowest BCUT2D eigenvalue weighted by atomic mass is 10.1. The molecule has 2 aliphatic carbocycles. The van der Waals surface area contributed by atoms with E-state index in [-0.39, 0.29) is 23.7 Å². The zero-order valence-corrected chi connectivity index (χ0v) is 21.9. The van der Waals surface area contributed by atoms with Crippen molar-refractivity contribution in [1.29, 1.82) is 0 Å². The van der Waals surface area contributed by atoms with Gasteiger partial charge in [-0.05, 0) is 60.4 Å². The molecule has 3 aromatic heterocycles. The first-order valence-electron chi connectivity index (χ1n) is 12.7. The highest BCUT2D eigenvalue weighted by Crippen LogP contribution is 2.48. The number of pyridine rings is 1. The van der Waals surface area contributed by atoms with Crippen molar-refractivity contribution in [3.05, 3.63) is 82.5 Å². The summed E-state index contributed by atoms with van der Waals surface area (Å²) in [6, 6.07) is 11.3. The number of imidazole rings is 1. The topological polar surface area (TPSA) is 105 Å². The van der Waals surface area contributed by atoms with Gasteiger partial charge in [-0.25, -0.2) is 15.0 Å².